The van der Waals surface area contributed by atoms with Gasteiger partial charge in [-0.25, -0.2) is 4.79 Å². The molecule has 6 N–H and O–H groups in total. The highest BCUT2D eigenvalue weighted by molar-refractivity contribution is 7.87. The molecule has 6 amide bonds. The van der Waals surface area contributed by atoms with E-state index in [-0.39, 0.29) is 18.7 Å². The highest BCUT2D eigenvalue weighted by Gasteiger charge is 2.38. The van der Waals surface area contributed by atoms with Gasteiger partial charge in [-0.1, -0.05) is 34.6 Å². The van der Waals surface area contributed by atoms with Crippen LogP contribution in [0.5, 0.6) is 0 Å². The SMILES string of the molecule is CC(C)[C@H](NC(=O)[C@@H](CCN1C(=O)C=CC1=O)S(=O)(=O)O)C(=O)N[C@@H](CCCNC(N)=O)C(=O)C(C)(C)C. The molecule has 0 saturated heterocycles. The number of urea groups is 1. The van der Waals surface area contributed by atoms with Gasteiger partial charge in [-0.3, -0.25) is 33.4 Å². The van der Waals surface area contributed by atoms with Gasteiger partial charge in [-0.05, 0) is 25.2 Å². The molecule has 0 radical (unpaired) electrons. The molecule has 214 valence electrons. The summed E-state index contributed by atoms with van der Waals surface area (Å²) in [5.41, 5.74) is 4.20. The molecule has 14 nitrogen and oxygen atoms in total. The van der Waals surface area contributed by atoms with Crippen molar-refractivity contribution in [3.63, 3.8) is 0 Å². The van der Waals surface area contributed by atoms with E-state index in [0.717, 1.165) is 12.2 Å². The van der Waals surface area contributed by atoms with Gasteiger partial charge in [-0.2, -0.15) is 8.42 Å². The van der Waals surface area contributed by atoms with Gasteiger partial charge in [-0.15, -0.1) is 0 Å². The maximum Gasteiger partial charge on any atom is 0.312 e. The lowest BCUT2D eigenvalue weighted by atomic mass is 9.84. The minimum absolute atomic E-state index is 0.153. The molecular formula is C23H37N5O9S. The van der Waals surface area contributed by atoms with E-state index in [1.54, 1.807) is 34.6 Å². The van der Waals surface area contributed by atoms with Crippen LogP contribution in [-0.2, 0) is 34.1 Å². The number of nitrogens with two attached hydrogens (primary N) is 1. The number of imide groups is 1. The number of nitrogens with one attached hydrogen (secondary N) is 3. The number of Topliss-reactive ketones (excluding diaryl/α,β-unsaturated/α-hetero) is 1. The van der Waals surface area contributed by atoms with Crippen molar-refractivity contribution in [2.45, 2.75) is 71.2 Å². The Balaban J connectivity index is 3.02. The van der Waals surface area contributed by atoms with Crippen molar-refractivity contribution in [3.05, 3.63) is 12.2 Å². The van der Waals surface area contributed by atoms with Gasteiger partial charge in [0.1, 0.15) is 6.04 Å². The van der Waals surface area contributed by atoms with Crippen molar-refractivity contribution in [3.8, 4) is 0 Å². The highest BCUT2D eigenvalue weighted by atomic mass is 32.2. The Labute approximate surface area is 221 Å². The lowest BCUT2D eigenvalue weighted by molar-refractivity contribution is -0.137. The topological polar surface area (TPSA) is 222 Å². The van der Waals surface area contributed by atoms with Crippen LogP contribution in [-0.4, -0.2) is 83.7 Å². The zero-order valence-electron chi connectivity index (χ0n) is 22.1. The summed E-state index contributed by atoms with van der Waals surface area (Å²) in [6.45, 7) is 7.87. The van der Waals surface area contributed by atoms with Gasteiger partial charge in [0.05, 0.1) is 6.04 Å². The Kier molecular flexibility index (Phi) is 11.6. The third-order valence-corrected chi connectivity index (χ3v) is 6.92. The van der Waals surface area contributed by atoms with E-state index >= 15 is 0 Å². The van der Waals surface area contributed by atoms with Crippen LogP contribution in [0.25, 0.3) is 0 Å². The molecule has 15 heteroatoms. The van der Waals surface area contributed by atoms with Gasteiger partial charge in [0, 0.05) is 30.7 Å². The standard InChI is InChI=1S/C23H37N5O9S/c1-13(2)18(21(33)26-14(19(31)23(3,4)5)7-6-11-25-22(24)34)27-20(32)15(38(35,36)37)10-12-28-16(29)8-9-17(28)30/h8-9,13-15,18H,6-7,10-12H2,1-5H3,(H,26,33)(H,27,32)(H3,24,25,34)(H,35,36,37)/t14-,15+,18-/m0/s1. The first-order valence-corrected chi connectivity index (χ1v) is 13.5. The van der Waals surface area contributed by atoms with Crippen LogP contribution in [0.15, 0.2) is 12.2 Å². The third kappa shape index (κ3) is 9.85. The number of carbonyl (C=O) groups is 6. The quantitative estimate of drug-likeness (QED) is 0.102. The van der Waals surface area contributed by atoms with Gasteiger partial charge >= 0.3 is 6.03 Å². The molecule has 0 fully saturated rings. The summed E-state index contributed by atoms with van der Waals surface area (Å²) in [5.74, 6) is -4.22. The molecule has 0 aromatic heterocycles. The summed E-state index contributed by atoms with van der Waals surface area (Å²) in [5, 5.41) is 5.23. The molecule has 0 saturated carbocycles. The average Bonchev–Trinajstić information content (AvgIpc) is 3.09. The molecule has 38 heavy (non-hydrogen) atoms. The van der Waals surface area contributed by atoms with Gasteiger partial charge < -0.3 is 21.7 Å². The predicted molar refractivity (Wildman–Crippen MR) is 136 cm³/mol. The molecule has 1 heterocycles. The summed E-state index contributed by atoms with van der Waals surface area (Å²) in [4.78, 5) is 74.0. The largest absolute Gasteiger partial charge is 0.352 e. The molecule has 0 unspecified atom stereocenters. The molecule has 1 aliphatic rings. The number of ketones is 1. The molecular weight excluding hydrogens is 522 g/mol. The first-order chi connectivity index (χ1) is 17.4. The monoisotopic (exact) mass is 559 g/mol. The van der Waals surface area contributed by atoms with Crippen molar-refractivity contribution in [2.24, 2.45) is 17.1 Å². The lowest BCUT2D eigenvalue weighted by Crippen LogP contribution is -2.57. The Hall–Kier alpha value is -3.33. The Morgan fingerprint density at radius 3 is 2.00 bits per heavy atom. The minimum Gasteiger partial charge on any atom is -0.352 e. The van der Waals surface area contributed by atoms with Crippen LogP contribution in [0, 0.1) is 11.3 Å². The maximum absolute atomic E-state index is 13.1. The van der Waals surface area contributed by atoms with Crippen LogP contribution in [0.3, 0.4) is 0 Å². The molecule has 0 aliphatic carbocycles. The van der Waals surface area contributed by atoms with Crippen molar-refractivity contribution < 1.29 is 41.7 Å². The molecule has 0 spiro atoms. The van der Waals surface area contributed by atoms with Gasteiger partial charge in [0.2, 0.25) is 11.8 Å². The van der Waals surface area contributed by atoms with Crippen molar-refractivity contribution in [1.29, 1.82) is 0 Å². The highest BCUT2D eigenvalue weighted by Crippen LogP contribution is 2.20. The number of primary amides is 1. The molecule has 0 bridgehead atoms. The normalized spacial score (nSPS) is 16.2. The third-order valence-electron chi connectivity index (χ3n) is 5.76. The predicted octanol–water partition coefficient (Wildman–Crippen LogP) is -0.753. The van der Waals surface area contributed by atoms with Gasteiger partial charge in [0.25, 0.3) is 21.9 Å². The maximum atomic E-state index is 13.1. The second kappa shape index (κ2) is 13.5. The van der Waals surface area contributed by atoms with E-state index < -0.39 is 81.4 Å². The van der Waals surface area contributed by atoms with Crippen LogP contribution in [0.2, 0.25) is 0 Å². The molecule has 0 aromatic rings. The zero-order chi connectivity index (χ0) is 29.4. The Morgan fingerprint density at radius 1 is 1.00 bits per heavy atom. The van der Waals surface area contributed by atoms with E-state index in [4.69, 9.17) is 5.73 Å². The fourth-order valence-electron chi connectivity index (χ4n) is 3.67. The summed E-state index contributed by atoms with van der Waals surface area (Å²) < 4.78 is 33.5. The molecule has 1 rings (SSSR count). The zero-order valence-corrected chi connectivity index (χ0v) is 23.0. The van der Waals surface area contributed by atoms with E-state index in [0.29, 0.717) is 11.3 Å². The number of carbonyl (C=O) groups excluding carboxylic acids is 6. The summed E-state index contributed by atoms with van der Waals surface area (Å²) >= 11 is 0. The fraction of sp³-hybridized carbons (Fsp3) is 0.652. The van der Waals surface area contributed by atoms with Gasteiger partial charge in [0.15, 0.2) is 11.0 Å². The van der Waals surface area contributed by atoms with Crippen LogP contribution in [0.4, 0.5) is 4.79 Å². The van der Waals surface area contributed by atoms with E-state index in [2.05, 4.69) is 16.0 Å². The van der Waals surface area contributed by atoms with Crippen LogP contribution >= 0.6 is 0 Å². The Bertz CT molecular complexity index is 1060. The first-order valence-electron chi connectivity index (χ1n) is 12.0. The number of nitrogens with zero attached hydrogens (tertiary/aromatic N) is 1. The molecule has 1 aliphatic heterocycles. The second-order valence-corrected chi connectivity index (χ2v) is 11.9. The van der Waals surface area contributed by atoms with Crippen molar-refractivity contribution in [2.75, 3.05) is 13.1 Å². The molecule has 3 atom stereocenters. The summed E-state index contributed by atoms with van der Waals surface area (Å²) in [7, 11) is -4.98. The number of hydrogen-bond donors (Lipinski definition) is 5. The smallest absolute Gasteiger partial charge is 0.312 e. The van der Waals surface area contributed by atoms with E-state index in [9.17, 15) is 41.7 Å². The second-order valence-electron chi connectivity index (χ2n) is 10.3. The Morgan fingerprint density at radius 2 is 1.55 bits per heavy atom. The summed E-state index contributed by atoms with van der Waals surface area (Å²) in [6.07, 6.45) is 1.84. The first kappa shape index (κ1) is 32.7. The summed E-state index contributed by atoms with van der Waals surface area (Å²) in [6, 6.07) is -3.01. The van der Waals surface area contributed by atoms with Crippen molar-refractivity contribution in [1.82, 2.24) is 20.9 Å². The molecule has 0 aromatic carbocycles. The fourth-order valence-corrected chi connectivity index (χ4v) is 4.41. The van der Waals surface area contributed by atoms with E-state index in [1.165, 1.54) is 0 Å². The average molecular weight is 560 g/mol. The lowest BCUT2D eigenvalue weighted by Gasteiger charge is -2.29. The van der Waals surface area contributed by atoms with Crippen molar-refractivity contribution >= 4 is 45.6 Å². The number of rotatable bonds is 14. The minimum atomic E-state index is -4.98. The van der Waals surface area contributed by atoms with Crippen LogP contribution in [0.1, 0.15) is 53.9 Å². The van der Waals surface area contributed by atoms with Crippen LogP contribution < -0.4 is 21.7 Å². The van der Waals surface area contributed by atoms with E-state index in [1.807, 2.05) is 0 Å². The number of amides is 6. The number of hydrogen-bond acceptors (Lipinski definition) is 8.